The molecule has 1 aromatic heterocycles. The summed E-state index contributed by atoms with van der Waals surface area (Å²) in [5.74, 6) is -0.454. The predicted molar refractivity (Wildman–Crippen MR) is 74.0 cm³/mol. The van der Waals surface area contributed by atoms with Gasteiger partial charge in [-0.05, 0) is 19.1 Å². The highest BCUT2D eigenvalue weighted by atomic mass is 32.2. The fourth-order valence-corrected chi connectivity index (χ4v) is 2.56. The van der Waals surface area contributed by atoms with Crippen molar-refractivity contribution >= 4 is 16.2 Å². The molecule has 1 aromatic rings. The Bertz CT molecular complexity index is 533. The topological polar surface area (TPSA) is 88.6 Å². The van der Waals surface area contributed by atoms with Crippen LogP contribution in [0.25, 0.3) is 0 Å². The molecule has 0 unspecified atom stereocenters. The molecule has 1 N–H and O–H groups in total. The van der Waals surface area contributed by atoms with Crippen molar-refractivity contribution in [2.24, 2.45) is 0 Å². The molecule has 0 bridgehead atoms. The van der Waals surface area contributed by atoms with Crippen molar-refractivity contribution in [1.29, 1.82) is 0 Å². The van der Waals surface area contributed by atoms with Crippen LogP contribution in [-0.2, 0) is 19.7 Å². The largest absolute Gasteiger partial charge is 0.469 e. The molecule has 0 aliphatic carbocycles. The molecular formula is C12H19N3O4S. The lowest BCUT2D eigenvalue weighted by molar-refractivity contribution is -0.140. The highest BCUT2D eigenvalue weighted by molar-refractivity contribution is 7.87. The van der Waals surface area contributed by atoms with Gasteiger partial charge in [-0.2, -0.15) is 17.4 Å². The average molecular weight is 301 g/mol. The van der Waals surface area contributed by atoms with Gasteiger partial charge in [0.15, 0.2) is 0 Å². The zero-order chi connectivity index (χ0) is 15.2. The van der Waals surface area contributed by atoms with Crippen LogP contribution in [0.1, 0.15) is 25.1 Å². The van der Waals surface area contributed by atoms with E-state index in [0.717, 1.165) is 4.31 Å². The van der Waals surface area contributed by atoms with E-state index in [2.05, 4.69) is 14.4 Å². The molecule has 0 saturated heterocycles. The van der Waals surface area contributed by atoms with E-state index >= 15 is 0 Å². The van der Waals surface area contributed by atoms with Gasteiger partial charge in [0.1, 0.15) is 0 Å². The zero-order valence-electron chi connectivity index (χ0n) is 11.7. The quantitative estimate of drug-likeness (QED) is 0.740. The number of ether oxygens (including phenoxy) is 1. The van der Waals surface area contributed by atoms with E-state index in [0.29, 0.717) is 5.69 Å². The van der Waals surface area contributed by atoms with Crippen molar-refractivity contribution in [3.63, 3.8) is 0 Å². The number of methoxy groups -OCH3 is 1. The maximum Gasteiger partial charge on any atom is 0.306 e. The van der Waals surface area contributed by atoms with E-state index < -0.39 is 22.2 Å². The number of aromatic nitrogens is 1. The van der Waals surface area contributed by atoms with Crippen LogP contribution in [0.5, 0.6) is 0 Å². The van der Waals surface area contributed by atoms with Crippen LogP contribution in [0.3, 0.4) is 0 Å². The Kier molecular flexibility index (Phi) is 6.05. The van der Waals surface area contributed by atoms with Crippen LogP contribution in [0, 0.1) is 0 Å². The number of esters is 1. The first-order chi connectivity index (χ1) is 9.36. The minimum Gasteiger partial charge on any atom is -0.469 e. The van der Waals surface area contributed by atoms with Gasteiger partial charge >= 0.3 is 5.97 Å². The van der Waals surface area contributed by atoms with Crippen molar-refractivity contribution in [2.75, 3.05) is 20.7 Å². The minimum absolute atomic E-state index is 0.00583. The van der Waals surface area contributed by atoms with Gasteiger partial charge in [-0.1, -0.05) is 6.07 Å². The first-order valence-electron chi connectivity index (χ1n) is 6.08. The third-order valence-electron chi connectivity index (χ3n) is 2.73. The molecule has 0 aliphatic rings. The molecule has 0 fully saturated rings. The van der Waals surface area contributed by atoms with Crippen LogP contribution < -0.4 is 4.72 Å². The maximum absolute atomic E-state index is 12.1. The summed E-state index contributed by atoms with van der Waals surface area (Å²) >= 11 is 0. The van der Waals surface area contributed by atoms with Crippen LogP contribution in [0.15, 0.2) is 24.4 Å². The second kappa shape index (κ2) is 7.32. The number of carbonyl (C=O) groups excluding carboxylic acids is 1. The highest BCUT2D eigenvalue weighted by Gasteiger charge is 2.22. The van der Waals surface area contributed by atoms with Crippen molar-refractivity contribution in [2.45, 2.75) is 19.4 Å². The lowest BCUT2D eigenvalue weighted by atomic mass is 10.2. The third kappa shape index (κ3) is 4.87. The van der Waals surface area contributed by atoms with Crippen LogP contribution in [0.2, 0.25) is 0 Å². The summed E-state index contributed by atoms with van der Waals surface area (Å²) in [5.41, 5.74) is 0.623. The van der Waals surface area contributed by atoms with Crippen LogP contribution in [-0.4, -0.2) is 44.4 Å². The molecule has 1 heterocycles. The molecule has 112 valence electrons. The van der Waals surface area contributed by atoms with Gasteiger partial charge < -0.3 is 4.74 Å². The number of rotatable bonds is 7. The first kappa shape index (κ1) is 16.5. The number of hydrogen-bond donors (Lipinski definition) is 1. The van der Waals surface area contributed by atoms with Gasteiger partial charge in [0, 0.05) is 19.8 Å². The number of carbonyl (C=O) groups is 1. The van der Waals surface area contributed by atoms with Gasteiger partial charge in [0.2, 0.25) is 0 Å². The summed E-state index contributed by atoms with van der Waals surface area (Å²) in [6, 6.07) is 4.82. The molecule has 20 heavy (non-hydrogen) atoms. The SMILES string of the molecule is COC(=O)CCN(C)S(=O)(=O)N[C@H](C)c1ccccn1. The fourth-order valence-electron chi connectivity index (χ4n) is 1.48. The Morgan fingerprint density at radius 1 is 1.50 bits per heavy atom. The molecule has 0 aromatic carbocycles. The molecule has 7 nitrogen and oxygen atoms in total. The highest BCUT2D eigenvalue weighted by Crippen LogP contribution is 2.10. The Morgan fingerprint density at radius 3 is 2.75 bits per heavy atom. The first-order valence-corrected chi connectivity index (χ1v) is 7.52. The average Bonchev–Trinajstić information content (AvgIpc) is 2.44. The number of nitrogens with zero attached hydrogens (tertiary/aromatic N) is 2. The monoisotopic (exact) mass is 301 g/mol. The summed E-state index contributed by atoms with van der Waals surface area (Å²) in [7, 11) is -1.01. The molecule has 0 saturated carbocycles. The Labute approximate surface area is 119 Å². The van der Waals surface area contributed by atoms with Gasteiger partial charge in [-0.3, -0.25) is 9.78 Å². The molecular weight excluding hydrogens is 282 g/mol. The van der Waals surface area contributed by atoms with Gasteiger partial charge in [-0.15, -0.1) is 0 Å². The summed E-state index contributed by atoms with van der Waals surface area (Å²) in [5, 5.41) is 0. The van der Waals surface area contributed by atoms with Crippen molar-refractivity contribution in [3.05, 3.63) is 30.1 Å². The second-order valence-corrected chi connectivity index (χ2v) is 6.06. The van der Waals surface area contributed by atoms with E-state index in [4.69, 9.17) is 0 Å². The van der Waals surface area contributed by atoms with Gasteiger partial charge in [0.05, 0.1) is 25.3 Å². The molecule has 0 spiro atoms. The van der Waals surface area contributed by atoms with Crippen LogP contribution >= 0.6 is 0 Å². The second-order valence-electron chi connectivity index (χ2n) is 4.25. The van der Waals surface area contributed by atoms with Crippen molar-refractivity contribution in [1.82, 2.24) is 14.0 Å². The maximum atomic E-state index is 12.1. The predicted octanol–water partition coefficient (Wildman–Crippen LogP) is 0.472. The summed E-state index contributed by atoms with van der Waals surface area (Å²) in [6.45, 7) is 1.75. The lowest BCUT2D eigenvalue weighted by Crippen LogP contribution is -2.40. The number of nitrogens with one attached hydrogen (secondary N) is 1. The van der Waals surface area contributed by atoms with E-state index in [-0.39, 0.29) is 13.0 Å². The van der Waals surface area contributed by atoms with Crippen LogP contribution in [0.4, 0.5) is 0 Å². The molecule has 1 rings (SSSR count). The molecule has 0 amide bonds. The fraction of sp³-hybridized carbons (Fsp3) is 0.500. The summed E-state index contributed by atoms with van der Waals surface area (Å²) < 4.78 is 32.1. The molecule has 0 radical (unpaired) electrons. The van der Waals surface area contributed by atoms with Gasteiger partial charge in [0.25, 0.3) is 10.2 Å². The lowest BCUT2D eigenvalue weighted by Gasteiger charge is -2.20. The third-order valence-corrected chi connectivity index (χ3v) is 4.38. The molecule has 1 atom stereocenters. The van der Waals surface area contributed by atoms with E-state index in [1.54, 1.807) is 31.3 Å². The number of hydrogen-bond acceptors (Lipinski definition) is 5. The standard InChI is InChI=1S/C12H19N3O4S/c1-10(11-6-4-5-8-13-11)14-20(17,18)15(2)9-7-12(16)19-3/h4-6,8,10,14H,7,9H2,1-3H3/t10-/m1/s1. The van der Waals surface area contributed by atoms with E-state index in [1.807, 2.05) is 0 Å². The normalized spacial score (nSPS) is 13.2. The van der Waals surface area contributed by atoms with Gasteiger partial charge in [-0.25, -0.2) is 0 Å². The summed E-state index contributed by atoms with van der Waals surface area (Å²) in [4.78, 5) is 15.1. The van der Waals surface area contributed by atoms with Crippen molar-refractivity contribution < 1.29 is 17.9 Å². The molecule has 8 heteroatoms. The van der Waals surface area contributed by atoms with Crippen molar-refractivity contribution in [3.8, 4) is 0 Å². The Balaban J connectivity index is 2.62. The Morgan fingerprint density at radius 2 is 2.20 bits per heavy atom. The zero-order valence-corrected chi connectivity index (χ0v) is 12.6. The number of pyridine rings is 1. The summed E-state index contributed by atoms with van der Waals surface area (Å²) in [6.07, 6.45) is 1.60. The Hall–Kier alpha value is -1.51. The molecule has 0 aliphatic heterocycles. The smallest absolute Gasteiger partial charge is 0.306 e. The minimum atomic E-state index is -3.68. The van der Waals surface area contributed by atoms with E-state index in [1.165, 1.54) is 14.2 Å². The van der Waals surface area contributed by atoms with E-state index in [9.17, 15) is 13.2 Å².